The Hall–Kier alpha value is -2.57. The van der Waals surface area contributed by atoms with Gasteiger partial charge in [-0.05, 0) is 43.0 Å². The molecule has 0 spiro atoms. The Kier molecular flexibility index (Phi) is 5.96. The molecule has 7 nitrogen and oxygen atoms in total. The molecule has 2 rings (SSSR count). The molecule has 0 fully saturated rings. The number of carbonyl (C=O) groups is 3. The number of rotatable bonds is 6. The summed E-state index contributed by atoms with van der Waals surface area (Å²) in [4.78, 5) is 34.0. The van der Waals surface area contributed by atoms with E-state index in [0.29, 0.717) is 44.3 Å². The van der Waals surface area contributed by atoms with Crippen LogP contribution < -0.4 is 16.0 Å². The van der Waals surface area contributed by atoms with E-state index in [1.807, 2.05) is 6.07 Å². The van der Waals surface area contributed by atoms with E-state index in [4.69, 9.17) is 0 Å². The van der Waals surface area contributed by atoms with E-state index in [1.165, 1.54) is 7.11 Å². The number of carbonyl (C=O) groups excluding carboxylic acids is 3. The summed E-state index contributed by atoms with van der Waals surface area (Å²) < 4.78 is 4.54. The molecule has 1 aromatic rings. The molecule has 0 atom stereocenters. The lowest BCUT2D eigenvalue weighted by Gasteiger charge is -2.17. The molecule has 0 aliphatic carbocycles. The van der Waals surface area contributed by atoms with Crippen LogP contribution in [-0.4, -0.2) is 31.6 Å². The van der Waals surface area contributed by atoms with Gasteiger partial charge in [0.25, 0.3) is 0 Å². The summed E-state index contributed by atoms with van der Waals surface area (Å²) in [6, 6.07) is 5.12. The van der Waals surface area contributed by atoms with Crippen LogP contribution in [0.2, 0.25) is 0 Å². The van der Waals surface area contributed by atoms with Crippen LogP contribution in [0.25, 0.3) is 0 Å². The SMILES string of the molecule is COC(=O)CCCCNC(=O)Nc1ccc2c(c1)CCC(=O)N2. The fourth-order valence-corrected chi connectivity index (χ4v) is 2.33. The minimum absolute atomic E-state index is 0.0166. The monoisotopic (exact) mass is 319 g/mol. The van der Waals surface area contributed by atoms with Gasteiger partial charge < -0.3 is 20.7 Å². The Balaban J connectivity index is 1.73. The zero-order valence-corrected chi connectivity index (χ0v) is 13.1. The Morgan fingerprint density at radius 1 is 1.26 bits per heavy atom. The lowest BCUT2D eigenvalue weighted by atomic mass is 10.0. The van der Waals surface area contributed by atoms with Crippen molar-refractivity contribution in [3.05, 3.63) is 23.8 Å². The molecule has 3 amide bonds. The molecule has 1 aromatic carbocycles. The van der Waals surface area contributed by atoms with Gasteiger partial charge in [0.15, 0.2) is 0 Å². The Morgan fingerprint density at radius 3 is 2.87 bits per heavy atom. The van der Waals surface area contributed by atoms with Crippen molar-refractivity contribution in [3.63, 3.8) is 0 Å². The van der Waals surface area contributed by atoms with Gasteiger partial charge in [-0.2, -0.15) is 0 Å². The highest BCUT2D eigenvalue weighted by Gasteiger charge is 2.15. The summed E-state index contributed by atoms with van der Waals surface area (Å²) in [7, 11) is 1.36. The lowest BCUT2D eigenvalue weighted by molar-refractivity contribution is -0.140. The minimum Gasteiger partial charge on any atom is -0.469 e. The second kappa shape index (κ2) is 8.17. The number of hydrogen-bond donors (Lipinski definition) is 3. The highest BCUT2D eigenvalue weighted by Crippen LogP contribution is 2.25. The van der Waals surface area contributed by atoms with Gasteiger partial charge in [-0.1, -0.05) is 0 Å². The van der Waals surface area contributed by atoms with Crippen LogP contribution in [0, 0.1) is 0 Å². The Morgan fingerprint density at radius 2 is 2.09 bits per heavy atom. The predicted molar refractivity (Wildman–Crippen MR) is 86.3 cm³/mol. The largest absolute Gasteiger partial charge is 0.469 e. The average molecular weight is 319 g/mol. The summed E-state index contributed by atoms with van der Waals surface area (Å²) in [5.74, 6) is -0.224. The molecule has 0 saturated carbocycles. The van der Waals surface area contributed by atoms with E-state index in [-0.39, 0.29) is 17.9 Å². The third kappa shape index (κ3) is 5.28. The van der Waals surface area contributed by atoms with Crippen molar-refractivity contribution in [3.8, 4) is 0 Å². The first kappa shape index (κ1) is 16.8. The third-order valence-corrected chi connectivity index (χ3v) is 3.58. The maximum atomic E-state index is 11.8. The number of amides is 3. The van der Waals surface area contributed by atoms with E-state index in [9.17, 15) is 14.4 Å². The van der Waals surface area contributed by atoms with Crippen molar-refractivity contribution in [2.24, 2.45) is 0 Å². The highest BCUT2D eigenvalue weighted by molar-refractivity contribution is 5.95. The van der Waals surface area contributed by atoms with Crippen molar-refractivity contribution in [2.75, 3.05) is 24.3 Å². The number of urea groups is 1. The van der Waals surface area contributed by atoms with E-state index < -0.39 is 0 Å². The second-order valence-corrected chi connectivity index (χ2v) is 5.33. The second-order valence-electron chi connectivity index (χ2n) is 5.33. The summed E-state index contributed by atoms with van der Waals surface area (Å²) in [5.41, 5.74) is 2.50. The van der Waals surface area contributed by atoms with Gasteiger partial charge in [0.1, 0.15) is 0 Å². The van der Waals surface area contributed by atoms with Crippen LogP contribution >= 0.6 is 0 Å². The average Bonchev–Trinajstić information content (AvgIpc) is 2.54. The number of benzene rings is 1. The zero-order valence-electron chi connectivity index (χ0n) is 13.1. The van der Waals surface area contributed by atoms with E-state index in [1.54, 1.807) is 12.1 Å². The number of anilines is 2. The first-order valence-electron chi connectivity index (χ1n) is 7.63. The standard InChI is InChI=1S/C16H21N3O4/c1-23-15(21)4-2-3-9-17-16(22)18-12-6-7-13-11(10-12)5-8-14(20)19-13/h6-7,10H,2-5,8-9H2,1H3,(H,19,20)(H2,17,18,22). The van der Waals surface area contributed by atoms with Gasteiger partial charge in [0.2, 0.25) is 5.91 Å². The third-order valence-electron chi connectivity index (χ3n) is 3.58. The summed E-state index contributed by atoms with van der Waals surface area (Å²) in [6.45, 7) is 0.490. The lowest BCUT2D eigenvalue weighted by Crippen LogP contribution is -2.29. The number of unbranched alkanes of at least 4 members (excludes halogenated alkanes) is 1. The molecule has 1 heterocycles. The smallest absolute Gasteiger partial charge is 0.319 e. The Labute approximate surface area is 134 Å². The molecular weight excluding hydrogens is 298 g/mol. The van der Waals surface area contributed by atoms with Crippen molar-refractivity contribution >= 4 is 29.3 Å². The van der Waals surface area contributed by atoms with E-state index in [0.717, 1.165) is 11.3 Å². The van der Waals surface area contributed by atoms with Crippen LogP contribution in [0.5, 0.6) is 0 Å². The maximum Gasteiger partial charge on any atom is 0.319 e. The first-order chi connectivity index (χ1) is 11.1. The maximum absolute atomic E-state index is 11.8. The molecule has 0 radical (unpaired) electrons. The molecule has 23 heavy (non-hydrogen) atoms. The number of aryl methyl sites for hydroxylation is 1. The van der Waals surface area contributed by atoms with Gasteiger partial charge in [0.05, 0.1) is 7.11 Å². The van der Waals surface area contributed by atoms with Crippen LogP contribution in [0.4, 0.5) is 16.2 Å². The minimum atomic E-state index is -0.289. The molecule has 3 N–H and O–H groups in total. The molecule has 7 heteroatoms. The fourth-order valence-electron chi connectivity index (χ4n) is 2.33. The number of esters is 1. The molecule has 0 saturated heterocycles. The molecule has 0 aromatic heterocycles. The number of methoxy groups -OCH3 is 1. The van der Waals surface area contributed by atoms with Crippen molar-refractivity contribution < 1.29 is 19.1 Å². The topological polar surface area (TPSA) is 96.5 Å². The van der Waals surface area contributed by atoms with E-state index >= 15 is 0 Å². The molecular formula is C16H21N3O4. The fraction of sp³-hybridized carbons (Fsp3) is 0.438. The highest BCUT2D eigenvalue weighted by atomic mass is 16.5. The van der Waals surface area contributed by atoms with Gasteiger partial charge in [-0.25, -0.2) is 4.79 Å². The van der Waals surface area contributed by atoms with Crippen molar-refractivity contribution in [2.45, 2.75) is 32.1 Å². The van der Waals surface area contributed by atoms with Crippen LogP contribution in [0.15, 0.2) is 18.2 Å². The quantitative estimate of drug-likeness (QED) is 0.552. The van der Waals surface area contributed by atoms with Crippen LogP contribution in [0.1, 0.15) is 31.2 Å². The van der Waals surface area contributed by atoms with Gasteiger partial charge in [-0.15, -0.1) is 0 Å². The summed E-state index contributed by atoms with van der Waals surface area (Å²) >= 11 is 0. The first-order valence-corrected chi connectivity index (χ1v) is 7.63. The van der Waals surface area contributed by atoms with E-state index in [2.05, 4.69) is 20.7 Å². The normalized spacial score (nSPS) is 12.8. The number of fused-ring (bicyclic) bond motifs is 1. The number of ether oxygens (including phenoxy) is 1. The van der Waals surface area contributed by atoms with Crippen molar-refractivity contribution in [1.29, 1.82) is 0 Å². The van der Waals surface area contributed by atoms with Gasteiger partial charge in [0, 0.05) is 30.8 Å². The molecule has 1 aliphatic rings. The predicted octanol–water partition coefficient (Wildman–Crippen LogP) is 2.04. The molecule has 0 bridgehead atoms. The summed E-state index contributed by atoms with van der Waals surface area (Å²) in [5, 5.41) is 8.30. The number of hydrogen-bond acceptors (Lipinski definition) is 4. The summed E-state index contributed by atoms with van der Waals surface area (Å²) in [6.07, 6.45) is 2.87. The molecule has 0 unspecified atom stereocenters. The van der Waals surface area contributed by atoms with Crippen LogP contribution in [0.3, 0.4) is 0 Å². The zero-order chi connectivity index (χ0) is 16.7. The van der Waals surface area contributed by atoms with Crippen molar-refractivity contribution in [1.82, 2.24) is 5.32 Å². The van der Waals surface area contributed by atoms with Gasteiger partial charge in [-0.3, -0.25) is 9.59 Å². The van der Waals surface area contributed by atoms with Crippen LogP contribution in [-0.2, 0) is 20.7 Å². The molecule has 124 valence electrons. The Bertz CT molecular complexity index is 601. The number of nitrogens with one attached hydrogen (secondary N) is 3. The van der Waals surface area contributed by atoms with Gasteiger partial charge >= 0.3 is 12.0 Å². The molecule has 1 aliphatic heterocycles.